The van der Waals surface area contributed by atoms with Crippen molar-refractivity contribution in [2.24, 2.45) is 0 Å². The Morgan fingerprint density at radius 2 is 1.83 bits per heavy atom. The maximum Gasteiger partial charge on any atom is 0.417 e. The fourth-order valence-corrected chi connectivity index (χ4v) is 3.75. The van der Waals surface area contributed by atoms with Crippen molar-refractivity contribution in [2.75, 3.05) is 6.61 Å². The van der Waals surface area contributed by atoms with Gasteiger partial charge in [-0.3, -0.25) is 0 Å². The highest BCUT2D eigenvalue weighted by molar-refractivity contribution is 7.20. The van der Waals surface area contributed by atoms with E-state index in [4.69, 9.17) is 9.47 Å². The van der Waals surface area contributed by atoms with Crippen molar-refractivity contribution in [1.29, 1.82) is 0 Å². The van der Waals surface area contributed by atoms with Crippen LogP contribution in [0.15, 0.2) is 42.5 Å². The van der Waals surface area contributed by atoms with Gasteiger partial charge < -0.3 is 14.6 Å². The molecule has 8 heteroatoms. The van der Waals surface area contributed by atoms with Crippen molar-refractivity contribution in [3.63, 3.8) is 0 Å². The van der Waals surface area contributed by atoms with Gasteiger partial charge in [0.1, 0.15) is 0 Å². The van der Waals surface area contributed by atoms with Crippen molar-refractivity contribution in [1.82, 2.24) is 4.98 Å². The molecule has 1 aromatic heterocycles. The number of benzene rings is 2. The summed E-state index contributed by atoms with van der Waals surface area (Å²) in [6.45, 7) is 3.52. The normalized spacial score (nSPS) is 14.0. The van der Waals surface area contributed by atoms with Crippen molar-refractivity contribution in [3.05, 3.63) is 48.0 Å². The third kappa shape index (κ3) is 4.82. The molecule has 3 rings (SSSR count). The number of fused-ring (bicyclic) bond motifs is 1. The standard InChI is InChI=1S/C21H22F3NO3S/c1-3-20(26,21(22,23)24)12-11-14-9-10-16(17(13-14)27-4-2)28-19-25-15-7-5-6-8-18(15)29-19/h5-10,13,26H,3-4,11-12H2,1-2H3. The maximum atomic E-state index is 13.1. The first-order valence-corrected chi connectivity index (χ1v) is 10.2. The van der Waals surface area contributed by atoms with E-state index in [0.29, 0.717) is 28.9 Å². The Hall–Kier alpha value is -2.32. The lowest BCUT2D eigenvalue weighted by atomic mass is 9.91. The Bertz CT molecular complexity index is 940. The van der Waals surface area contributed by atoms with Crippen LogP contribution in [0.4, 0.5) is 13.2 Å². The van der Waals surface area contributed by atoms with Gasteiger partial charge in [-0.2, -0.15) is 13.2 Å². The number of para-hydroxylation sites is 1. The maximum absolute atomic E-state index is 13.1. The molecule has 1 N–H and O–H groups in total. The average Bonchev–Trinajstić information content (AvgIpc) is 3.09. The number of aryl methyl sites for hydroxylation is 1. The van der Waals surface area contributed by atoms with Crippen LogP contribution in [-0.2, 0) is 6.42 Å². The Morgan fingerprint density at radius 1 is 1.07 bits per heavy atom. The highest BCUT2D eigenvalue weighted by Gasteiger charge is 2.51. The Balaban J connectivity index is 1.79. The highest BCUT2D eigenvalue weighted by Crippen LogP contribution is 2.39. The number of thiazole rings is 1. The van der Waals surface area contributed by atoms with E-state index in [1.165, 1.54) is 18.3 Å². The number of rotatable bonds is 8. The van der Waals surface area contributed by atoms with Gasteiger partial charge in [0.15, 0.2) is 17.1 Å². The second-order valence-corrected chi connectivity index (χ2v) is 7.64. The minimum atomic E-state index is -4.67. The molecule has 0 radical (unpaired) electrons. The lowest BCUT2D eigenvalue weighted by Gasteiger charge is -2.29. The minimum Gasteiger partial charge on any atom is -0.490 e. The minimum absolute atomic E-state index is 0.0609. The largest absolute Gasteiger partial charge is 0.490 e. The zero-order valence-electron chi connectivity index (χ0n) is 16.1. The number of alkyl halides is 3. The SMILES string of the molecule is CCOc1cc(CCC(O)(CC)C(F)(F)F)ccc1Oc1nc2ccccc2s1. The molecule has 0 aliphatic carbocycles. The Kier molecular flexibility index (Phi) is 6.33. The predicted octanol–water partition coefficient (Wildman–Crippen LogP) is 6.12. The van der Waals surface area contributed by atoms with E-state index < -0.39 is 24.6 Å². The molecule has 0 fully saturated rings. The van der Waals surface area contributed by atoms with E-state index in [2.05, 4.69) is 4.98 Å². The van der Waals surface area contributed by atoms with E-state index in [1.54, 1.807) is 18.2 Å². The summed E-state index contributed by atoms with van der Waals surface area (Å²) in [4.78, 5) is 4.42. The van der Waals surface area contributed by atoms with Crippen LogP contribution in [0.3, 0.4) is 0 Å². The van der Waals surface area contributed by atoms with Gasteiger partial charge in [0.05, 0.1) is 16.8 Å². The first kappa shape index (κ1) is 21.4. The number of hydrogen-bond acceptors (Lipinski definition) is 5. The Labute approximate surface area is 170 Å². The molecule has 1 atom stereocenters. The fraction of sp³-hybridized carbons (Fsp3) is 0.381. The Morgan fingerprint density at radius 3 is 2.48 bits per heavy atom. The number of ether oxygens (including phenoxy) is 2. The van der Waals surface area contributed by atoms with E-state index in [1.807, 2.05) is 31.2 Å². The summed E-state index contributed by atoms with van der Waals surface area (Å²) in [6.07, 6.45) is -5.42. The summed E-state index contributed by atoms with van der Waals surface area (Å²) >= 11 is 1.40. The van der Waals surface area contributed by atoms with Crippen LogP contribution in [-0.4, -0.2) is 28.5 Å². The molecule has 0 spiro atoms. The van der Waals surface area contributed by atoms with Crippen LogP contribution >= 0.6 is 11.3 Å². The molecule has 0 aliphatic heterocycles. The number of aromatic nitrogens is 1. The van der Waals surface area contributed by atoms with Crippen LogP contribution in [0.2, 0.25) is 0 Å². The molecule has 2 aromatic carbocycles. The van der Waals surface area contributed by atoms with Crippen LogP contribution in [0.25, 0.3) is 10.2 Å². The second-order valence-electron chi connectivity index (χ2n) is 6.65. The molecule has 0 amide bonds. The summed E-state index contributed by atoms with van der Waals surface area (Å²) in [5, 5.41) is 10.4. The van der Waals surface area contributed by atoms with Crippen LogP contribution < -0.4 is 9.47 Å². The van der Waals surface area contributed by atoms with E-state index >= 15 is 0 Å². The molecule has 3 aromatic rings. The van der Waals surface area contributed by atoms with Gasteiger partial charge in [0.25, 0.3) is 5.19 Å². The third-order valence-corrected chi connectivity index (χ3v) is 5.63. The quantitative estimate of drug-likeness (QED) is 0.472. The molecule has 156 valence electrons. The molecule has 4 nitrogen and oxygen atoms in total. The average molecular weight is 425 g/mol. The third-order valence-electron chi connectivity index (χ3n) is 4.72. The molecular formula is C21H22F3NO3S. The fourth-order valence-electron chi connectivity index (χ4n) is 2.92. The second kappa shape index (κ2) is 8.59. The zero-order valence-corrected chi connectivity index (χ0v) is 16.9. The molecule has 1 heterocycles. The van der Waals surface area contributed by atoms with Crippen molar-refractivity contribution in [3.8, 4) is 16.7 Å². The van der Waals surface area contributed by atoms with Crippen molar-refractivity contribution in [2.45, 2.75) is 44.9 Å². The molecule has 0 bridgehead atoms. The van der Waals surface area contributed by atoms with Gasteiger partial charge in [0, 0.05) is 0 Å². The number of aliphatic hydroxyl groups is 1. The smallest absolute Gasteiger partial charge is 0.417 e. The van der Waals surface area contributed by atoms with Crippen LogP contribution in [0.5, 0.6) is 16.7 Å². The van der Waals surface area contributed by atoms with Crippen molar-refractivity contribution < 1.29 is 27.8 Å². The van der Waals surface area contributed by atoms with Gasteiger partial charge in [-0.05, 0) is 56.0 Å². The number of hydrogen-bond donors (Lipinski definition) is 1. The van der Waals surface area contributed by atoms with E-state index in [0.717, 1.165) is 10.2 Å². The zero-order chi connectivity index (χ0) is 21.1. The first-order chi connectivity index (χ1) is 13.8. The molecule has 1 unspecified atom stereocenters. The highest BCUT2D eigenvalue weighted by atomic mass is 32.1. The molecule has 29 heavy (non-hydrogen) atoms. The monoisotopic (exact) mass is 425 g/mol. The number of nitrogens with zero attached hydrogens (tertiary/aromatic N) is 1. The summed E-state index contributed by atoms with van der Waals surface area (Å²) in [5.41, 5.74) is -1.25. The first-order valence-electron chi connectivity index (χ1n) is 9.34. The molecule has 0 saturated heterocycles. The summed E-state index contributed by atoms with van der Waals surface area (Å²) in [6, 6.07) is 12.6. The molecular weight excluding hydrogens is 403 g/mol. The van der Waals surface area contributed by atoms with Gasteiger partial charge in [-0.1, -0.05) is 36.5 Å². The number of halogens is 3. The van der Waals surface area contributed by atoms with Crippen molar-refractivity contribution >= 4 is 21.6 Å². The topological polar surface area (TPSA) is 51.6 Å². The van der Waals surface area contributed by atoms with Gasteiger partial charge in [-0.25, -0.2) is 4.98 Å². The molecule has 0 aliphatic rings. The van der Waals surface area contributed by atoms with Crippen LogP contribution in [0, 0.1) is 0 Å². The molecule has 0 saturated carbocycles. The van der Waals surface area contributed by atoms with Gasteiger partial charge in [-0.15, -0.1) is 0 Å². The summed E-state index contributed by atoms with van der Waals surface area (Å²) < 4.78 is 51.8. The summed E-state index contributed by atoms with van der Waals surface area (Å²) in [5.74, 6) is 0.868. The van der Waals surface area contributed by atoms with E-state index in [9.17, 15) is 18.3 Å². The lowest BCUT2D eigenvalue weighted by molar-refractivity contribution is -0.263. The van der Waals surface area contributed by atoms with Gasteiger partial charge in [0.2, 0.25) is 0 Å². The van der Waals surface area contributed by atoms with E-state index in [-0.39, 0.29) is 6.42 Å². The lowest BCUT2D eigenvalue weighted by Crippen LogP contribution is -2.44. The van der Waals surface area contributed by atoms with Gasteiger partial charge >= 0.3 is 6.18 Å². The van der Waals surface area contributed by atoms with Crippen LogP contribution in [0.1, 0.15) is 32.3 Å². The predicted molar refractivity (Wildman–Crippen MR) is 107 cm³/mol. The summed E-state index contributed by atoms with van der Waals surface area (Å²) in [7, 11) is 0.